The van der Waals surface area contributed by atoms with Crippen LogP contribution in [0.1, 0.15) is 45.2 Å². The van der Waals surface area contributed by atoms with Gasteiger partial charge in [-0.1, -0.05) is 19.1 Å². The third kappa shape index (κ3) is 5.75. The molecule has 1 atom stereocenters. The zero-order valence-electron chi connectivity index (χ0n) is 11.8. The van der Waals surface area contributed by atoms with Crippen molar-refractivity contribution in [2.45, 2.75) is 45.8 Å². The fourth-order valence-corrected chi connectivity index (χ4v) is 1.85. The molecule has 0 spiro atoms. The van der Waals surface area contributed by atoms with E-state index in [0.717, 1.165) is 24.3 Å². The Morgan fingerprint density at radius 2 is 1.95 bits per heavy atom. The minimum absolute atomic E-state index is 0.0877. The standard InChI is InChI=1S/C15H23NO3/c1-4-9-16-14(10-15(17)18)12-5-7-13(8-6-12)19-11(2)3/h5-8,11,14,16H,4,9-10H2,1-3H3,(H,17,18). The van der Waals surface area contributed by atoms with Crippen LogP contribution < -0.4 is 10.1 Å². The molecule has 4 nitrogen and oxygen atoms in total. The smallest absolute Gasteiger partial charge is 0.305 e. The molecule has 0 amide bonds. The van der Waals surface area contributed by atoms with Gasteiger partial charge in [0.2, 0.25) is 0 Å². The van der Waals surface area contributed by atoms with Crippen molar-refractivity contribution >= 4 is 5.97 Å². The minimum Gasteiger partial charge on any atom is -0.491 e. The van der Waals surface area contributed by atoms with Crippen molar-refractivity contribution < 1.29 is 14.6 Å². The van der Waals surface area contributed by atoms with Gasteiger partial charge in [0.1, 0.15) is 5.75 Å². The number of carboxylic acid groups (broad SMARTS) is 1. The van der Waals surface area contributed by atoms with Crippen LogP contribution in [0, 0.1) is 0 Å². The highest BCUT2D eigenvalue weighted by Crippen LogP contribution is 2.21. The Bertz CT molecular complexity index is 387. The number of benzene rings is 1. The first-order valence-electron chi connectivity index (χ1n) is 6.74. The molecule has 2 N–H and O–H groups in total. The zero-order valence-corrected chi connectivity index (χ0v) is 11.8. The predicted octanol–water partition coefficient (Wildman–Crippen LogP) is 2.99. The number of rotatable bonds is 8. The molecule has 0 aliphatic carbocycles. The van der Waals surface area contributed by atoms with E-state index in [1.807, 2.05) is 38.1 Å². The Morgan fingerprint density at radius 1 is 1.32 bits per heavy atom. The summed E-state index contributed by atoms with van der Waals surface area (Å²) in [5, 5.41) is 12.2. The number of hydrogen-bond acceptors (Lipinski definition) is 3. The van der Waals surface area contributed by atoms with Crippen molar-refractivity contribution in [3.05, 3.63) is 29.8 Å². The lowest BCUT2D eigenvalue weighted by molar-refractivity contribution is -0.137. The average molecular weight is 265 g/mol. The summed E-state index contributed by atoms with van der Waals surface area (Å²) in [6, 6.07) is 7.47. The molecule has 1 rings (SSSR count). The molecule has 1 aromatic rings. The number of aliphatic carboxylic acids is 1. The Morgan fingerprint density at radius 3 is 2.42 bits per heavy atom. The summed E-state index contributed by atoms with van der Waals surface area (Å²) in [6.07, 6.45) is 1.20. The van der Waals surface area contributed by atoms with Gasteiger partial charge in [-0.25, -0.2) is 0 Å². The van der Waals surface area contributed by atoms with E-state index in [2.05, 4.69) is 12.2 Å². The lowest BCUT2D eigenvalue weighted by Gasteiger charge is -2.18. The highest BCUT2D eigenvalue weighted by molar-refractivity contribution is 5.68. The number of carbonyl (C=O) groups is 1. The van der Waals surface area contributed by atoms with Crippen LogP contribution >= 0.6 is 0 Å². The Hall–Kier alpha value is -1.55. The fourth-order valence-electron chi connectivity index (χ4n) is 1.85. The lowest BCUT2D eigenvalue weighted by atomic mass is 10.0. The van der Waals surface area contributed by atoms with Gasteiger partial charge in [0, 0.05) is 6.04 Å². The molecular formula is C15H23NO3. The molecule has 0 fully saturated rings. The van der Waals surface area contributed by atoms with Gasteiger partial charge in [0.15, 0.2) is 0 Å². The molecule has 0 radical (unpaired) electrons. The van der Waals surface area contributed by atoms with E-state index in [-0.39, 0.29) is 18.6 Å². The van der Waals surface area contributed by atoms with Gasteiger partial charge in [-0.2, -0.15) is 0 Å². The van der Waals surface area contributed by atoms with Crippen LogP contribution in [0.5, 0.6) is 5.75 Å². The predicted molar refractivity (Wildman–Crippen MR) is 75.5 cm³/mol. The monoisotopic (exact) mass is 265 g/mol. The molecule has 4 heteroatoms. The van der Waals surface area contributed by atoms with E-state index < -0.39 is 5.97 Å². The molecule has 1 aromatic carbocycles. The average Bonchev–Trinajstić information content (AvgIpc) is 2.34. The third-order valence-electron chi connectivity index (χ3n) is 2.67. The number of nitrogens with one attached hydrogen (secondary N) is 1. The summed E-state index contributed by atoms with van der Waals surface area (Å²) < 4.78 is 5.57. The highest BCUT2D eigenvalue weighted by Gasteiger charge is 2.14. The van der Waals surface area contributed by atoms with Gasteiger partial charge >= 0.3 is 5.97 Å². The number of carboxylic acids is 1. The molecule has 0 saturated heterocycles. The normalized spacial score (nSPS) is 12.4. The van der Waals surface area contributed by atoms with E-state index in [1.54, 1.807) is 0 Å². The molecule has 19 heavy (non-hydrogen) atoms. The maximum atomic E-state index is 10.9. The molecule has 0 heterocycles. The van der Waals surface area contributed by atoms with Crippen molar-refractivity contribution in [1.82, 2.24) is 5.32 Å². The molecule has 1 unspecified atom stereocenters. The van der Waals surface area contributed by atoms with Crippen LogP contribution in [0.25, 0.3) is 0 Å². The number of hydrogen-bond donors (Lipinski definition) is 2. The van der Waals surface area contributed by atoms with E-state index in [0.29, 0.717) is 0 Å². The molecule has 0 aliphatic heterocycles. The van der Waals surface area contributed by atoms with Gasteiger partial charge in [-0.3, -0.25) is 4.79 Å². The summed E-state index contributed by atoms with van der Waals surface area (Å²) in [5.74, 6) is 0.0134. The minimum atomic E-state index is -0.795. The SMILES string of the molecule is CCCNC(CC(=O)O)c1ccc(OC(C)C)cc1. The first-order chi connectivity index (χ1) is 9.02. The maximum Gasteiger partial charge on any atom is 0.305 e. The van der Waals surface area contributed by atoms with Crippen LogP contribution in [0.3, 0.4) is 0 Å². The molecule has 0 saturated carbocycles. The topological polar surface area (TPSA) is 58.6 Å². The van der Waals surface area contributed by atoms with Gasteiger partial charge in [-0.15, -0.1) is 0 Å². The van der Waals surface area contributed by atoms with Crippen LogP contribution in [-0.2, 0) is 4.79 Å². The second-order valence-electron chi connectivity index (χ2n) is 4.84. The Kier molecular flexibility index (Phi) is 6.36. The van der Waals surface area contributed by atoms with E-state index in [1.165, 1.54) is 0 Å². The van der Waals surface area contributed by atoms with Crippen molar-refractivity contribution in [1.29, 1.82) is 0 Å². The molecule has 0 aliphatic rings. The number of ether oxygens (including phenoxy) is 1. The summed E-state index contributed by atoms with van der Waals surface area (Å²) in [6.45, 7) is 6.82. The van der Waals surface area contributed by atoms with Crippen molar-refractivity contribution in [3.8, 4) is 5.75 Å². The van der Waals surface area contributed by atoms with Gasteiger partial charge in [-0.05, 0) is 44.5 Å². The van der Waals surface area contributed by atoms with Crippen molar-refractivity contribution in [3.63, 3.8) is 0 Å². The summed E-state index contributed by atoms with van der Waals surface area (Å²) in [7, 11) is 0. The van der Waals surface area contributed by atoms with E-state index in [9.17, 15) is 4.79 Å². The summed E-state index contributed by atoms with van der Waals surface area (Å²) in [4.78, 5) is 10.9. The fraction of sp³-hybridized carbons (Fsp3) is 0.533. The second-order valence-corrected chi connectivity index (χ2v) is 4.84. The molecule has 0 aromatic heterocycles. The summed E-state index contributed by atoms with van der Waals surface area (Å²) >= 11 is 0. The largest absolute Gasteiger partial charge is 0.491 e. The quantitative estimate of drug-likeness (QED) is 0.758. The highest BCUT2D eigenvalue weighted by atomic mass is 16.5. The Balaban J connectivity index is 2.74. The Labute approximate surface area is 114 Å². The van der Waals surface area contributed by atoms with E-state index in [4.69, 9.17) is 9.84 Å². The van der Waals surface area contributed by atoms with Crippen LogP contribution in [0.15, 0.2) is 24.3 Å². The maximum absolute atomic E-state index is 10.9. The molecular weight excluding hydrogens is 242 g/mol. The van der Waals surface area contributed by atoms with Crippen LogP contribution in [-0.4, -0.2) is 23.7 Å². The van der Waals surface area contributed by atoms with Gasteiger partial charge < -0.3 is 15.2 Å². The van der Waals surface area contributed by atoms with E-state index >= 15 is 0 Å². The van der Waals surface area contributed by atoms with Crippen molar-refractivity contribution in [2.75, 3.05) is 6.54 Å². The van der Waals surface area contributed by atoms with Gasteiger partial charge in [0.05, 0.1) is 12.5 Å². The molecule has 0 bridgehead atoms. The lowest BCUT2D eigenvalue weighted by Crippen LogP contribution is -2.24. The van der Waals surface area contributed by atoms with Gasteiger partial charge in [0.25, 0.3) is 0 Å². The first-order valence-corrected chi connectivity index (χ1v) is 6.74. The molecule has 106 valence electrons. The van der Waals surface area contributed by atoms with Crippen LogP contribution in [0.4, 0.5) is 0 Å². The second kappa shape index (κ2) is 7.79. The summed E-state index contributed by atoms with van der Waals surface area (Å²) in [5.41, 5.74) is 0.979. The first kappa shape index (κ1) is 15.5. The third-order valence-corrected chi connectivity index (χ3v) is 2.67. The zero-order chi connectivity index (χ0) is 14.3. The van der Waals surface area contributed by atoms with Crippen LogP contribution in [0.2, 0.25) is 0 Å². The van der Waals surface area contributed by atoms with Crippen molar-refractivity contribution in [2.24, 2.45) is 0 Å².